The lowest BCUT2D eigenvalue weighted by molar-refractivity contribution is 0.886. The van der Waals surface area contributed by atoms with Crippen LogP contribution in [0.1, 0.15) is 17.7 Å². The van der Waals surface area contributed by atoms with E-state index in [2.05, 4.69) is 276 Å². The molecule has 12 aromatic rings. The molecule has 1 aliphatic carbocycles. The van der Waals surface area contributed by atoms with Crippen molar-refractivity contribution in [2.75, 3.05) is 0 Å². The Morgan fingerprint density at radius 3 is 1.38 bits per heavy atom. The lowest BCUT2D eigenvalue weighted by atomic mass is 9.98. The third-order valence-electron chi connectivity index (χ3n) is 14.1. The fraction of sp³-hybridized carbons (Fsp3) is 0.0303. The van der Waals surface area contributed by atoms with Crippen LogP contribution in [0.2, 0.25) is 0 Å². The largest absolute Gasteiger partial charge is 0.313 e. The first-order valence-corrected chi connectivity index (χ1v) is 25.6. The number of benzene rings is 10. The first kappa shape index (κ1) is 40.9. The van der Waals surface area contributed by atoms with Crippen molar-refractivity contribution in [2.24, 2.45) is 0 Å². The predicted octanol–water partition coefficient (Wildman–Crippen LogP) is 18.0. The van der Waals surface area contributed by atoms with Crippen LogP contribution in [0.25, 0.3) is 83.5 Å². The van der Waals surface area contributed by atoms with E-state index in [0.717, 1.165) is 18.5 Å². The van der Waals surface area contributed by atoms with E-state index >= 15 is 0 Å². The smallest absolute Gasteiger partial charge is 0.0541 e. The number of hydrogen-bond donors (Lipinski definition) is 0. The summed E-state index contributed by atoms with van der Waals surface area (Å²) >= 11 is 0. The molecule has 328 valence electrons. The van der Waals surface area contributed by atoms with Gasteiger partial charge in [0.15, 0.2) is 0 Å². The summed E-state index contributed by atoms with van der Waals surface area (Å²) in [7, 11) is -1.84. The minimum Gasteiger partial charge on any atom is -0.313 e. The Morgan fingerprint density at radius 2 is 0.768 bits per heavy atom. The molecule has 0 fully saturated rings. The van der Waals surface area contributed by atoms with Crippen molar-refractivity contribution in [1.82, 2.24) is 9.13 Å². The number of allylic oxidation sites excluding steroid dienone is 1. The predicted molar refractivity (Wildman–Crippen MR) is 291 cm³/mol. The Bertz CT molecular complexity index is 3750. The van der Waals surface area contributed by atoms with Gasteiger partial charge in [0.2, 0.25) is 0 Å². The number of rotatable bonds is 9. The molecule has 0 bridgehead atoms. The van der Waals surface area contributed by atoms with Gasteiger partial charge in [-0.3, -0.25) is 0 Å². The molecule has 2 nitrogen and oxygen atoms in total. The van der Waals surface area contributed by atoms with Gasteiger partial charge in [-0.05, 0) is 143 Å². The average molecular weight is 901 g/mol. The molecule has 69 heavy (non-hydrogen) atoms. The van der Waals surface area contributed by atoms with E-state index in [-0.39, 0.29) is 0 Å². The fourth-order valence-electron chi connectivity index (χ4n) is 10.9. The Labute approximate surface area is 405 Å². The molecule has 2 heterocycles. The standard InChI is InChI=1S/C66H48N2S/c1-5-18-47(19-6-1)48-32-34-49(35-33-48)50-36-40-53(41-37-50)67-63-30-15-13-28-59(63)61-44-51(38-42-65(61)67)52-39-43-66-62(45-52)60-29-14-16-31-64(60)68(66)54-20-17-27-58(46-54)69(55-21-7-2-8-22-55,56-23-9-3-10-24-56)57-25-11-4-12-26-57/h1-15,17-30,32-46H,16,31H2. The molecule has 0 unspecified atom stereocenters. The number of fused-ring (bicyclic) bond motifs is 6. The van der Waals surface area contributed by atoms with Crippen LogP contribution in [0, 0.1) is 0 Å². The molecule has 13 rings (SSSR count). The number of hydrogen-bond acceptors (Lipinski definition) is 0. The molecule has 0 saturated heterocycles. The molecule has 0 spiro atoms. The Balaban J connectivity index is 0.899. The molecular formula is C66H48N2S. The summed E-state index contributed by atoms with van der Waals surface area (Å²) in [5, 5.41) is 3.79. The van der Waals surface area contributed by atoms with E-state index in [1.807, 2.05) is 0 Å². The van der Waals surface area contributed by atoms with Gasteiger partial charge in [-0.25, -0.2) is 0 Å². The minimum atomic E-state index is -1.84. The maximum absolute atomic E-state index is 2.55. The molecule has 0 radical (unpaired) electrons. The second kappa shape index (κ2) is 17.1. The molecular weight excluding hydrogens is 853 g/mol. The van der Waals surface area contributed by atoms with E-state index in [4.69, 9.17) is 0 Å². The second-order valence-electron chi connectivity index (χ2n) is 18.0. The number of nitrogens with zero attached hydrogens (tertiary/aromatic N) is 2. The van der Waals surface area contributed by atoms with Gasteiger partial charge < -0.3 is 9.13 Å². The highest BCUT2D eigenvalue weighted by molar-refractivity contribution is 8.34. The molecule has 0 saturated carbocycles. The van der Waals surface area contributed by atoms with Crippen molar-refractivity contribution in [1.29, 1.82) is 0 Å². The van der Waals surface area contributed by atoms with Gasteiger partial charge in [0, 0.05) is 58.4 Å². The van der Waals surface area contributed by atoms with Crippen LogP contribution >= 0.6 is 10.0 Å². The Hall–Kier alpha value is -8.37. The lowest BCUT2D eigenvalue weighted by Crippen LogP contribution is -2.07. The van der Waals surface area contributed by atoms with Gasteiger partial charge in [-0.15, -0.1) is 10.0 Å². The van der Waals surface area contributed by atoms with Crippen LogP contribution in [-0.2, 0) is 6.42 Å². The molecule has 10 aromatic carbocycles. The molecule has 1 aliphatic rings. The van der Waals surface area contributed by atoms with Crippen molar-refractivity contribution in [2.45, 2.75) is 32.4 Å². The van der Waals surface area contributed by atoms with Crippen LogP contribution in [0.5, 0.6) is 0 Å². The number of para-hydroxylation sites is 1. The quantitative estimate of drug-likeness (QED) is 0.137. The van der Waals surface area contributed by atoms with Crippen LogP contribution in [0.3, 0.4) is 0 Å². The third-order valence-corrected chi connectivity index (χ3v) is 18.0. The zero-order valence-electron chi connectivity index (χ0n) is 38.1. The SMILES string of the molecule is C1=Cc2c(n(-c3cccc(S(c4ccccc4)(c4ccccc4)c4ccccc4)c3)c3ccc(-c4ccc5c(c4)c4ccccc4n5-c4ccc(-c5ccc(-c6ccccc6)cc5)cc4)cc23)CC1. The van der Waals surface area contributed by atoms with Crippen LogP contribution in [0.4, 0.5) is 0 Å². The van der Waals surface area contributed by atoms with Gasteiger partial charge >= 0.3 is 0 Å². The summed E-state index contributed by atoms with van der Waals surface area (Å²) in [6.07, 6.45) is 6.72. The second-order valence-corrected chi connectivity index (χ2v) is 21.1. The lowest BCUT2D eigenvalue weighted by Gasteiger charge is -2.42. The topological polar surface area (TPSA) is 9.86 Å². The van der Waals surface area contributed by atoms with Crippen LogP contribution in [-0.4, -0.2) is 9.13 Å². The first-order chi connectivity index (χ1) is 34.2. The normalized spacial score (nSPS) is 12.7. The van der Waals surface area contributed by atoms with Crippen molar-refractivity contribution in [3.8, 4) is 44.8 Å². The highest BCUT2D eigenvalue weighted by atomic mass is 32.3. The maximum atomic E-state index is 2.55. The van der Waals surface area contributed by atoms with E-state index in [9.17, 15) is 0 Å². The Kier molecular flexibility index (Phi) is 10.1. The fourth-order valence-corrected chi connectivity index (χ4v) is 14.8. The van der Waals surface area contributed by atoms with E-state index < -0.39 is 10.0 Å². The van der Waals surface area contributed by atoms with Gasteiger partial charge in [-0.1, -0.05) is 170 Å². The third kappa shape index (κ3) is 6.88. The minimum absolute atomic E-state index is 0.987. The van der Waals surface area contributed by atoms with Crippen molar-refractivity contribution in [3.63, 3.8) is 0 Å². The summed E-state index contributed by atoms with van der Waals surface area (Å²) in [5.41, 5.74) is 16.0. The van der Waals surface area contributed by atoms with Gasteiger partial charge in [0.05, 0.1) is 16.6 Å². The van der Waals surface area contributed by atoms with Crippen LogP contribution < -0.4 is 0 Å². The summed E-state index contributed by atoms with van der Waals surface area (Å²) in [5.74, 6) is 0. The number of aromatic nitrogens is 2. The average Bonchev–Trinajstić information content (AvgIpc) is 3.95. The van der Waals surface area contributed by atoms with Crippen molar-refractivity contribution < 1.29 is 0 Å². The molecule has 3 heteroatoms. The van der Waals surface area contributed by atoms with E-state index in [0.29, 0.717) is 0 Å². The molecule has 0 aliphatic heterocycles. The summed E-state index contributed by atoms with van der Waals surface area (Å²) in [6, 6.07) is 94.3. The highest BCUT2D eigenvalue weighted by Gasteiger charge is 2.34. The molecule has 0 atom stereocenters. The van der Waals surface area contributed by atoms with Gasteiger partial charge in [0.1, 0.15) is 0 Å². The first-order valence-electron chi connectivity index (χ1n) is 24.0. The van der Waals surface area contributed by atoms with Crippen LogP contribution in [0.15, 0.2) is 280 Å². The summed E-state index contributed by atoms with van der Waals surface area (Å²) in [4.78, 5) is 5.29. The van der Waals surface area contributed by atoms with Gasteiger partial charge in [-0.2, -0.15) is 0 Å². The molecule has 0 amide bonds. The Morgan fingerprint density at radius 1 is 0.304 bits per heavy atom. The summed E-state index contributed by atoms with van der Waals surface area (Å²) in [6.45, 7) is 0. The molecule has 2 aromatic heterocycles. The highest BCUT2D eigenvalue weighted by Crippen LogP contribution is 2.73. The maximum Gasteiger partial charge on any atom is 0.0541 e. The zero-order valence-corrected chi connectivity index (χ0v) is 38.9. The van der Waals surface area contributed by atoms with E-state index in [1.165, 1.54) is 103 Å². The summed E-state index contributed by atoms with van der Waals surface area (Å²) < 4.78 is 4.97. The molecule has 0 N–H and O–H groups in total. The zero-order chi connectivity index (χ0) is 45.7. The monoisotopic (exact) mass is 900 g/mol. The van der Waals surface area contributed by atoms with Crippen molar-refractivity contribution >= 4 is 48.8 Å². The van der Waals surface area contributed by atoms with Gasteiger partial charge in [0.25, 0.3) is 0 Å². The van der Waals surface area contributed by atoms with E-state index in [1.54, 1.807) is 0 Å². The van der Waals surface area contributed by atoms with Crippen molar-refractivity contribution in [3.05, 3.63) is 272 Å².